The van der Waals surface area contributed by atoms with Gasteiger partial charge in [0.05, 0.1) is 27.6 Å². The SMILES string of the molecule is C[C@H]1CCN(c2cc(-n3ccnc3)c3ccc(Cl)c(Cl)c3n2)C1. The van der Waals surface area contributed by atoms with Crippen LogP contribution in [0.15, 0.2) is 36.9 Å². The normalized spacial score (nSPS) is 18.0. The first-order valence-corrected chi connectivity index (χ1v) is 8.41. The Morgan fingerprint density at radius 3 is 2.83 bits per heavy atom. The van der Waals surface area contributed by atoms with Gasteiger partial charge in [-0.15, -0.1) is 0 Å². The van der Waals surface area contributed by atoms with Crippen molar-refractivity contribution in [2.75, 3.05) is 18.0 Å². The zero-order chi connectivity index (χ0) is 16.0. The van der Waals surface area contributed by atoms with Crippen molar-refractivity contribution in [3.63, 3.8) is 0 Å². The highest BCUT2D eigenvalue weighted by atomic mass is 35.5. The lowest BCUT2D eigenvalue weighted by Gasteiger charge is -2.20. The number of imidazole rings is 1. The molecular weight excluding hydrogens is 331 g/mol. The summed E-state index contributed by atoms with van der Waals surface area (Å²) in [7, 11) is 0. The second kappa shape index (κ2) is 5.69. The molecule has 0 aliphatic carbocycles. The maximum Gasteiger partial charge on any atom is 0.131 e. The maximum atomic E-state index is 6.43. The summed E-state index contributed by atoms with van der Waals surface area (Å²) in [6, 6.07) is 5.88. The zero-order valence-corrected chi connectivity index (χ0v) is 14.2. The number of aromatic nitrogens is 3. The fraction of sp³-hybridized carbons (Fsp3) is 0.294. The number of hydrogen-bond donors (Lipinski definition) is 0. The topological polar surface area (TPSA) is 34.0 Å². The van der Waals surface area contributed by atoms with Gasteiger partial charge in [-0.05, 0) is 24.5 Å². The molecule has 3 heterocycles. The van der Waals surface area contributed by atoms with Crippen LogP contribution in [0, 0.1) is 5.92 Å². The number of pyridine rings is 1. The van der Waals surface area contributed by atoms with E-state index in [2.05, 4.69) is 22.9 Å². The Kier molecular flexibility index (Phi) is 3.66. The summed E-state index contributed by atoms with van der Waals surface area (Å²) in [4.78, 5) is 11.3. The molecule has 3 aromatic rings. The molecule has 1 aliphatic heterocycles. The van der Waals surface area contributed by atoms with Crippen LogP contribution in [0.4, 0.5) is 5.82 Å². The molecule has 6 heteroatoms. The summed E-state index contributed by atoms with van der Waals surface area (Å²) in [5.41, 5.74) is 1.75. The van der Waals surface area contributed by atoms with Crippen LogP contribution in [0.2, 0.25) is 10.0 Å². The lowest BCUT2D eigenvalue weighted by atomic mass is 10.1. The zero-order valence-electron chi connectivity index (χ0n) is 12.7. The Balaban J connectivity index is 1.96. The van der Waals surface area contributed by atoms with Gasteiger partial charge < -0.3 is 9.47 Å². The highest BCUT2D eigenvalue weighted by molar-refractivity contribution is 6.45. The van der Waals surface area contributed by atoms with Gasteiger partial charge in [0.25, 0.3) is 0 Å². The smallest absolute Gasteiger partial charge is 0.131 e. The molecular formula is C17H16Cl2N4. The summed E-state index contributed by atoms with van der Waals surface area (Å²) in [5.74, 6) is 1.62. The van der Waals surface area contributed by atoms with E-state index in [1.807, 2.05) is 22.9 Å². The van der Waals surface area contributed by atoms with Crippen LogP contribution in [0.5, 0.6) is 0 Å². The van der Waals surface area contributed by atoms with Crippen LogP contribution in [-0.2, 0) is 0 Å². The number of fused-ring (bicyclic) bond motifs is 1. The van der Waals surface area contributed by atoms with E-state index in [9.17, 15) is 0 Å². The number of benzene rings is 1. The van der Waals surface area contributed by atoms with Gasteiger partial charge in [-0.2, -0.15) is 0 Å². The van der Waals surface area contributed by atoms with E-state index in [0.717, 1.165) is 35.5 Å². The standard InChI is InChI=1S/C17H16Cl2N4/c1-11-4-6-22(9-11)15-8-14(23-7-5-20-10-23)12-2-3-13(18)16(19)17(12)21-15/h2-3,5,7-8,10-11H,4,6,9H2,1H3/t11-/m0/s1. The van der Waals surface area contributed by atoms with Crippen molar-refractivity contribution in [2.45, 2.75) is 13.3 Å². The van der Waals surface area contributed by atoms with Gasteiger partial charge in [-0.3, -0.25) is 0 Å². The van der Waals surface area contributed by atoms with Crippen LogP contribution in [-0.4, -0.2) is 27.6 Å². The van der Waals surface area contributed by atoms with Gasteiger partial charge in [0.2, 0.25) is 0 Å². The molecule has 1 fully saturated rings. The van der Waals surface area contributed by atoms with Gasteiger partial charge in [0.1, 0.15) is 5.82 Å². The molecule has 4 nitrogen and oxygen atoms in total. The molecule has 0 unspecified atom stereocenters. The lowest BCUT2D eigenvalue weighted by molar-refractivity contribution is 0.659. The van der Waals surface area contributed by atoms with Crippen molar-refractivity contribution in [1.29, 1.82) is 0 Å². The summed E-state index contributed by atoms with van der Waals surface area (Å²) < 4.78 is 1.98. The largest absolute Gasteiger partial charge is 0.356 e. The minimum Gasteiger partial charge on any atom is -0.356 e. The van der Waals surface area contributed by atoms with E-state index >= 15 is 0 Å². The first-order valence-electron chi connectivity index (χ1n) is 7.65. The van der Waals surface area contributed by atoms with E-state index in [4.69, 9.17) is 28.2 Å². The average Bonchev–Trinajstić information content (AvgIpc) is 3.21. The molecule has 0 bridgehead atoms. The summed E-state index contributed by atoms with van der Waals surface area (Å²) in [6.07, 6.45) is 6.66. The fourth-order valence-electron chi connectivity index (χ4n) is 3.12. The molecule has 1 atom stereocenters. The van der Waals surface area contributed by atoms with Crippen LogP contribution in [0.1, 0.15) is 13.3 Å². The predicted molar refractivity (Wildman–Crippen MR) is 94.9 cm³/mol. The van der Waals surface area contributed by atoms with Gasteiger partial charge in [0, 0.05) is 36.9 Å². The number of hydrogen-bond acceptors (Lipinski definition) is 3. The van der Waals surface area contributed by atoms with Crippen LogP contribution < -0.4 is 4.90 Å². The van der Waals surface area contributed by atoms with E-state index in [1.165, 1.54) is 6.42 Å². The average molecular weight is 347 g/mol. The number of halogens is 2. The van der Waals surface area contributed by atoms with E-state index in [-0.39, 0.29) is 0 Å². The van der Waals surface area contributed by atoms with E-state index < -0.39 is 0 Å². The van der Waals surface area contributed by atoms with Crippen LogP contribution >= 0.6 is 23.2 Å². The maximum absolute atomic E-state index is 6.43. The molecule has 0 amide bonds. The van der Waals surface area contributed by atoms with Crippen molar-refractivity contribution >= 4 is 39.9 Å². The number of rotatable bonds is 2. The third-order valence-corrected chi connectivity index (χ3v) is 5.16. The van der Waals surface area contributed by atoms with Crippen molar-refractivity contribution in [3.8, 4) is 5.69 Å². The third-order valence-electron chi connectivity index (χ3n) is 4.37. The second-order valence-corrected chi connectivity index (χ2v) is 6.85. The molecule has 0 spiro atoms. The van der Waals surface area contributed by atoms with Crippen LogP contribution in [0.3, 0.4) is 0 Å². The highest BCUT2D eigenvalue weighted by Crippen LogP contribution is 2.35. The first kappa shape index (κ1) is 14.8. The Bertz CT molecular complexity index is 861. The second-order valence-electron chi connectivity index (χ2n) is 6.07. The highest BCUT2D eigenvalue weighted by Gasteiger charge is 2.22. The first-order chi connectivity index (χ1) is 11.1. The molecule has 4 rings (SSSR count). The molecule has 118 valence electrons. The predicted octanol–water partition coefficient (Wildman–Crippen LogP) is 4.57. The van der Waals surface area contributed by atoms with Gasteiger partial charge in [-0.1, -0.05) is 30.1 Å². The Morgan fingerprint density at radius 2 is 2.13 bits per heavy atom. The molecule has 1 saturated heterocycles. The van der Waals surface area contributed by atoms with Crippen molar-refractivity contribution in [2.24, 2.45) is 5.92 Å². The molecule has 1 aliphatic rings. The Hall–Kier alpha value is -1.78. The molecule has 2 aromatic heterocycles. The molecule has 0 saturated carbocycles. The minimum absolute atomic E-state index is 0.500. The molecule has 23 heavy (non-hydrogen) atoms. The monoisotopic (exact) mass is 346 g/mol. The molecule has 1 aromatic carbocycles. The molecule has 0 N–H and O–H groups in total. The van der Waals surface area contributed by atoms with Crippen molar-refractivity contribution in [1.82, 2.24) is 14.5 Å². The Labute approximate surface area is 144 Å². The van der Waals surface area contributed by atoms with Gasteiger partial charge in [0.15, 0.2) is 0 Å². The fourth-order valence-corrected chi connectivity index (χ4v) is 3.48. The van der Waals surface area contributed by atoms with E-state index in [1.54, 1.807) is 12.5 Å². The van der Waals surface area contributed by atoms with Gasteiger partial charge >= 0.3 is 0 Å². The molecule has 0 radical (unpaired) electrons. The number of anilines is 1. The van der Waals surface area contributed by atoms with E-state index in [0.29, 0.717) is 16.0 Å². The van der Waals surface area contributed by atoms with Crippen LogP contribution in [0.25, 0.3) is 16.6 Å². The summed E-state index contributed by atoms with van der Waals surface area (Å²) in [6.45, 7) is 4.29. The van der Waals surface area contributed by atoms with Crippen molar-refractivity contribution < 1.29 is 0 Å². The number of nitrogens with zero attached hydrogens (tertiary/aromatic N) is 4. The van der Waals surface area contributed by atoms with Crippen molar-refractivity contribution in [3.05, 3.63) is 47.0 Å². The lowest BCUT2D eigenvalue weighted by Crippen LogP contribution is -2.20. The Morgan fingerprint density at radius 1 is 1.26 bits per heavy atom. The third kappa shape index (κ3) is 2.56. The van der Waals surface area contributed by atoms with Gasteiger partial charge in [-0.25, -0.2) is 9.97 Å². The minimum atomic E-state index is 0.500. The quantitative estimate of drug-likeness (QED) is 0.681. The summed E-state index contributed by atoms with van der Waals surface area (Å²) in [5, 5.41) is 1.99. The summed E-state index contributed by atoms with van der Waals surface area (Å²) >= 11 is 12.6.